The van der Waals surface area contributed by atoms with Crippen LogP contribution in [0.1, 0.15) is 43.7 Å². The minimum absolute atomic E-state index is 0.105. The number of carboxylic acids is 1. The van der Waals surface area contributed by atoms with Gasteiger partial charge in [-0.1, -0.05) is 19.9 Å². The van der Waals surface area contributed by atoms with Crippen molar-refractivity contribution in [1.29, 1.82) is 0 Å². The van der Waals surface area contributed by atoms with Crippen LogP contribution >= 0.6 is 0 Å². The number of methoxy groups -OCH3 is 1. The molecule has 0 aliphatic heterocycles. The molecule has 0 heterocycles. The van der Waals surface area contributed by atoms with E-state index in [0.29, 0.717) is 18.6 Å². The fraction of sp³-hybridized carbons (Fsp3) is 0.500. The van der Waals surface area contributed by atoms with E-state index >= 15 is 0 Å². The Labute approximate surface area is 107 Å². The van der Waals surface area contributed by atoms with Crippen molar-refractivity contribution in [2.75, 3.05) is 7.11 Å². The Bertz CT molecular complexity index is 424. The van der Waals surface area contributed by atoms with Crippen LogP contribution in [0.3, 0.4) is 0 Å². The molecule has 0 atom stereocenters. The predicted molar refractivity (Wildman–Crippen MR) is 69.3 cm³/mol. The smallest absolute Gasteiger partial charge is 0.303 e. The summed E-state index contributed by atoms with van der Waals surface area (Å²) in [7, 11) is 1.51. The molecule has 2 N–H and O–H groups in total. The van der Waals surface area contributed by atoms with Gasteiger partial charge in [-0.15, -0.1) is 0 Å². The second-order valence-corrected chi connectivity index (χ2v) is 4.59. The first kappa shape index (κ1) is 14.4. The third-order valence-corrected chi connectivity index (χ3v) is 2.94. The van der Waals surface area contributed by atoms with Crippen LogP contribution in [-0.2, 0) is 11.2 Å². The molecule has 0 saturated heterocycles. The van der Waals surface area contributed by atoms with Crippen LogP contribution in [0.25, 0.3) is 0 Å². The predicted octanol–water partition coefficient (Wildman–Crippen LogP) is 2.93. The SMILES string of the molecule is COc1ccc(C(C)C)c(CCCC(=O)O)c1O. The van der Waals surface area contributed by atoms with E-state index in [1.807, 2.05) is 19.9 Å². The number of carbonyl (C=O) groups is 1. The lowest BCUT2D eigenvalue weighted by atomic mass is 9.93. The molecule has 18 heavy (non-hydrogen) atoms. The Hall–Kier alpha value is -1.71. The molecule has 0 fully saturated rings. The van der Waals surface area contributed by atoms with Gasteiger partial charge < -0.3 is 14.9 Å². The second kappa shape index (κ2) is 6.28. The molecule has 0 unspecified atom stereocenters. The summed E-state index contributed by atoms with van der Waals surface area (Å²) in [5, 5.41) is 18.8. The van der Waals surface area contributed by atoms with Crippen molar-refractivity contribution in [2.45, 2.75) is 39.0 Å². The molecule has 0 bridgehead atoms. The highest BCUT2D eigenvalue weighted by atomic mass is 16.5. The Morgan fingerprint density at radius 2 is 2.06 bits per heavy atom. The number of benzene rings is 1. The monoisotopic (exact) mass is 252 g/mol. The molecule has 100 valence electrons. The van der Waals surface area contributed by atoms with Gasteiger partial charge in [0, 0.05) is 12.0 Å². The van der Waals surface area contributed by atoms with E-state index < -0.39 is 5.97 Å². The van der Waals surface area contributed by atoms with Crippen LogP contribution in [0.5, 0.6) is 11.5 Å². The lowest BCUT2D eigenvalue weighted by Crippen LogP contribution is -2.01. The van der Waals surface area contributed by atoms with Gasteiger partial charge in [0.05, 0.1) is 7.11 Å². The number of carboxylic acid groups (broad SMARTS) is 1. The molecular formula is C14H20O4. The summed E-state index contributed by atoms with van der Waals surface area (Å²) in [6.45, 7) is 4.09. The number of phenols is 1. The van der Waals surface area contributed by atoms with Crippen LogP contribution < -0.4 is 4.74 Å². The summed E-state index contributed by atoms with van der Waals surface area (Å²) in [5.74, 6) is 0.0314. The van der Waals surface area contributed by atoms with Gasteiger partial charge in [-0.05, 0) is 30.4 Å². The van der Waals surface area contributed by atoms with Gasteiger partial charge in [-0.3, -0.25) is 4.79 Å². The summed E-state index contributed by atoms with van der Waals surface area (Å²) < 4.78 is 5.08. The van der Waals surface area contributed by atoms with Gasteiger partial charge in [0.2, 0.25) is 0 Å². The van der Waals surface area contributed by atoms with Gasteiger partial charge >= 0.3 is 5.97 Å². The zero-order valence-corrected chi connectivity index (χ0v) is 11.1. The number of ether oxygens (including phenoxy) is 1. The minimum Gasteiger partial charge on any atom is -0.504 e. The highest BCUT2D eigenvalue weighted by molar-refractivity contribution is 5.66. The van der Waals surface area contributed by atoms with Gasteiger partial charge in [-0.25, -0.2) is 0 Å². The van der Waals surface area contributed by atoms with E-state index in [0.717, 1.165) is 11.1 Å². The normalized spacial score (nSPS) is 10.7. The van der Waals surface area contributed by atoms with E-state index in [1.54, 1.807) is 6.07 Å². The molecule has 0 saturated carbocycles. The van der Waals surface area contributed by atoms with Crippen molar-refractivity contribution in [3.05, 3.63) is 23.3 Å². The molecule has 0 aromatic heterocycles. The van der Waals surface area contributed by atoms with Crippen molar-refractivity contribution in [1.82, 2.24) is 0 Å². The lowest BCUT2D eigenvalue weighted by molar-refractivity contribution is -0.137. The molecule has 4 nitrogen and oxygen atoms in total. The molecule has 1 aromatic carbocycles. The maximum atomic E-state index is 10.5. The molecular weight excluding hydrogens is 232 g/mol. The Morgan fingerprint density at radius 1 is 1.39 bits per heavy atom. The summed E-state index contributed by atoms with van der Waals surface area (Å²) in [4.78, 5) is 10.5. The average Bonchev–Trinajstić information content (AvgIpc) is 2.30. The zero-order valence-electron chi connectivity index (χ0n) is 11.1. The molecule has 1 aromatic rings. The number of aromatic hydroxyl groups is 1. The molecule has 1 rings (SSSR count). The second-order valence-electron chi connectivity index (χ2n) is 4.59. The molecule has 4 heteroatoms. The van der Waals surface area contributed by atoms with Crippen molar-refractivity contribution >= 4 is 5.97 Å². The van der Waals surface area contributed by atoms with Crippen LogP contribution in [-0.4, -0.2) is 23.3 Å². The van der Waals surface area contributed by atoms with Crippen molar-refractivity contribution in [2.24, 2.45) is 0 Å². The van der Waals surface area contributed by atoms with Crippen LogP contribution in [0.4, 0.5) is 0 Å². The first-order valence-corrected chi connectivity index (χ1v) is 6.07. The number of hydrogen-bond acceptors (Lipinski definition) is 3. The number of aliphatic carboxylic acids is 1. The first-order chi connectivity index (χ1) is 8.47. The van der Waals surface area contributed by atoms with Crippen molar-refractivity contribution in [3.63, 3.8) is 0 Å². The molecule has 0 spiro atoms. The lowest BCUT2D eigenvalue weighted by Gasteiger charge is -2.16. The van der Waals surface area contributed by atoms with Crippen molar-refractivity contribution in [3.8, 4) is 11.5 Å². The van der Waals surface area contributed by atoms with Gasteiger partial charge in [-0.2, -0.15) is 0 Å². The Kier molecular flexibility index (Phi) is 5.01. The van der Waals surface area contributed by atoms with Gasteiger partial charge in [0.1, 0.15) is 0 Å². The molecule has 0 amide bonds. The fourth-order valence-electron chi connectivity index (χ4n) is 2.02. The Morgan fingerprint density at radius 3 is 2.56 bits per heavy atom. The quantitative estimate of drug-likeness (QED) is 0.816. The highest BCUT2D eigenvalue weighted by Gasteiger charge is 2.15. The van der Waals surface area contributed by atoms with Crippen LogP contribution in [0.2, 0.25) is 0 Å². The molecule has 0 aliphatic carbocycles. The van der Waals surface area contributed by atoms with E-state index in [-0.39, 0.29) is 18.1 Å². The number of hydrogen-bond donors (Lipinski definition) is 2. The van der Waals surface area contributed by atoms with Crippen LogP contribution in [0, 0.1) is 0 Å². The number of rotatable bonds is 6. The van der Waals surface area contributed by atoms with Crippen LogP contribution in [0.15, 0.2) is 12.1 Å². The first-order valence-electron chi connectivity index (χ1n) is 6.07. The average molecular weight is 252 g/mol. The topological polar surface area (TPSA) is 66.8 Å². The van der Waals surface area contributed by atoms with Gasteiger partial charge in [0.15, 0.2) is 11.5 Å². The maximum Gasteiger partial charge on any atom is 0.303 e. The van der Waals surface area contributed by atoms with E-state index in [1.165, 1.54) is 7.11 Å². The third kappa shape index (κ3) is 3.39. The zero-order chi connectivity index (χ0) is 13.7. The molecule has 0 aliphatic rings. The summed E-state index contributed by atoms with van der Waals surface area (Å²) in [6.07, 6.45) is 1.16. The van der Waals surface area contributed by atoms with E-state index in [2.05, 4.69) is 0 Å². The summed E-state index contributed by atoms with van der Waals surface area (Å²) >= 11 is 0. The number of phenolic OH excluding ortho intramolecular Hbond substituents is 1. The highest BCUT2D eigenvalue weighted by Crippen LogP contribution is 2.36. The molecule has 0 radical (unpaired) electrons. The van der Waals surface area contributed by atoms with E-state index in [9.17, 15) is 9.90 Å². The summed E-state index contributed by atoms with van der Waals surface area (Å²) in [5.41, 5.74) is 1.84. The van der Waals surface area contributed by atoms with E-state index in [4.69, 9.17) is 9.84 Å². The maximum absolute atomic E-state index is 10.5. The third-order valence-electron chi connectivity index (χ3n) is 2.94. The largest absolute Gasteiger partial charge is 0.504 e. The summed E-state index contributed by atoms with van der Waals surface area (Å²) in [6, 6.07) is 3.67. The standard InChI is InChI=1S/C14H20O4/c1-9(2)10-7-8-12(18-3)14(17)11(10)5-4-6-13(15)16/h7-9,17H,4-6H2,1-3H3,(H,15,16). The minimum atomic E-state index is -0.816. The Balaban J connectivity index is 3.00. The fourth-order valence-corrected chi connectivity index (χ4v) is 2.02. The van der Waals surface area contributed by atoms with Gasteiger partial charge in [0.25, 0.3) is 0 Å². The van der Waals surface area contributed by atoms with Crippen molar-refractivity contribution < 1.29 is 19.7 Å².